The first kappa shape index (κ1) is 7.12. The first-order valence-electron chi connectivity index (χ1n) is 3.63. The van der Waals surface area contributed by atoms with Gasteiger partial charge in [-0.3, -0.25) is 0 Å². The maximum absolute atomic E-state index is 11.0. The lowest BCUT2D eigenvalue weighted by Gasteiger charge is -2.10. The molecule has 12 heavy (non-hydrogen) atoms. The van der Waals surface area contributed by atoms with Crippen molar-refractivity contribution in [2.24, 2.45) is 0 Å². The van der Waals surface area contributed by atoms with Crippen molar-refractivity contribution in [2.75, 3.05) is 11.7 Å². The SMILES string of the molecule is O=C1OCNN1c1ccccc1. The molecule has 1 aromatic carbocycles. The molecule has 2 rings (SSSR count). The topological polar surface area (TPSA) is 41.6 Å². The number of hydrogen-bond acceptors (Lipinski definition) is 3. The summed E-state index contributed by atoms with van der Waals surface area (Å²) >= 11 is 0. The van der Waals surface area contributed by atoms with E-state index in [4.69, 9.17) is 4.74 Å². The number of amides is 1. The van der Waals surface area contributed by atoms with E-state index in [2.05, 4.69) is 5.43 Å². The van der Waals surface area contributed by atoms with Crippen LogP contribution in [0, 0.1) is 0 Å². The van der Waals surface area contributed by atoms with E-state index in [1.807, 2.05) is 30.3 Å². The summed E-state index contributed by atoms with van der Waals surface area (Å²) < 4.78 is 4.70. The third kappa shape index (κ3) is 1.12. The van der Waals surface area contributed by atoms with Gasteiger partial charge in [0.05, 0.1) is 5.69 Å². The minimum absolute atomic E-state index is 0.244. The van der Waals surface area contributed by atoms with Crippen LogP contribution in [0.25, 0.3) is 0 Å². The summed E-state index contributed by atoms with van der Waals surface area (Å²) in [6.45, 7) is 0.244. The number of nitrogens with one attached hydrogen (secondary N) is 1. The Hall–Kier alpha value is -1.55. The molecule has 1 fully saturated rings. The summed E-state index contributed by atoms with van der Waals surface area (Å²) in [5.74, 6) is 0. The van der Waals surface area contributed by atoms with Gasteiger partial charge in [0.1, 0.15) is 0 Å². The smallest absolute Gasteiger partial charge is 0.430 e. The minimum Gasteiger partial charge on any atom is -0.431 e. The van der Waals surface area contributed by atoms with Gasteiger partial charge in [-0.15, -0.1) is 0 Å². The summed E-state index contributed by atoms with van der Waals surface area (Å²) in [5, 5.41) is 1.38. The lowest BCUT2D eigenvalue weighted by atomic mass is 10.3. The van der Waals surface area contributed by atoms with Gasteiger partial charge in [0.25, 0.3) is 0 Å². The Balaban J connectivity index is 2.25. The third-order valence-electron chi connectivity index (χ3n) is 1.62. The first-order chi connectivity index (χ1) is 5.88. The Labute approximate surface area is 69.7 Å². The zero-order chi connectivity index (χ0) is 8.39. The monoisotopic (exact) mass is 164 g/mol. The van der Waals surface area contributed by atoms with Gasteiger partial charge in [-0.25, -0.2) is 9.80 Å². The fraction of sp³-hybridized carbons (Fsp3) is 0.125. The van der Waals surface area contributed by atoms with Crippen molar-refractivity contribution < 1.29 is 9.53 Å². The van der Waals surface area contributed by atoms with Gasteiger partial charge in [-0.05, 0) is 12.1 Å². The van der Waals surface area contributed by atoms with E-state index in [-0.39, 0.29) is 12.8 Å². The van der Waals surface area contributed by atoms with Gasteiger partial charge >= 0.3 is 6.09 Å². The Morgan fingerprint density at radius 3 is 2.67 bits per heavy atom. The number of anilines is 1. The predicted octanol–water partition coefficient (Wildman–Crippen LogP) is 1.11. The van der Waals surface area contributed by atoms with E-state index in [0.717, 1.165) is 5.69 Å². The van der Waals surface area contributed by atoms with Crippen LogP contribution in [0.4, 0.5) is 10.5 Å². The second-order valence-corrected chi connectivity index (χ2v) is 2.38. The number of para-hydroxylation sites is 1. The molecule has 4 nitrogen and oxygen atoms in total. The van der Waals surface area contributed by atoms with Crippen LogP contribution in [0.3, 0.4) is 0 Å². The van der Waals surface area contributed by atoms with Crippen LogP contribution in [0.15, 0.2) is 30.3 Å². The molecule has 62 valence electrons. The molecule has 1 heterocycles. The zero-order valence-electron chi connectivity index (χ0n) is 6.36. The maximum atomic E-state index is 11.0. The molecule has 0 spiro atoms. The Kier molecular flexibility index (Phi) is 1.68. The molecule has 0 unspecified atom stereocenters. The van der Waals surface area contributed by atoms with Gasteiger partial charge < -0.3 is 4.74 Å². The Bertz CT molecular complexity index is 286. The number of carbonyl (C=O) groups excluding carboxylic acids is 1. The number of carbonyl (C=O) groups is 1. The third-order valence-corrected chi connectivity index (χ3v) is 1.62. The van der Waals surface area contributed by atoms with E-state index in [1.54, 1.807) is 0 Å². The largest absolute Gasteiger partial charge is 0.431 e. The first-order valence-corrected chi connectivity index (χ1v) is 3.63. The second-order valence-electron chi connectivity index (χ2n) is 2.38. The Morgan fingerprint density at radius 1 is 1.33 bits per heavy atom. The number of hydrazine groups is 1. The van der Waals surface area contributed by atoms with E-state index >= 15 is 0 Å². The maximum Gasteiger partial charge on any atom is 0.430 e. The molecular formula is C8H8N2O2. The molecule has 0 aliphatic carbocycles. The van der Waals surface area contributed by atoms with E-state index in [1.165, 1.54) is 5.01 Å². The molecule has 4 heteroatoms. The molecule has 0 saturated carbocycles. The molecule has 1 amide bonds. The average Bonchev–Trinajstić information content (AvgIpc) is 2.53. The average molecular weight is 164 g/mol. The fourth-order valence-electron chi connectivity index (χ4n) is 1.06. The molecule has 0 aromatic heterocycles. The highest BCUT2D eigenvalue weighted by atomic mass is 16.6. The van der Waals surface area contributed by atoms with Crippen LogP contribution in [0.1, 0.15) is 0 Å². The predicted molar refractivity (Wildman–Crippen MR) is 43.4 cm³/mol. The van der Waals surface area contributed by atoms with E-state index in [0.29, 0.717) is 0 Å². The number of nitrogens with zero attached hydrogens (tertiary/aromatic N) is 1. The number of hydrogen-bond donors (Lipinski definition) is 1. The summed E-state index contributed by atoms with van der Waals surface area (Å²) in [6, 6.07) is 9.29. The highest BCUT2D eigenvalue weighted by Crippen LogP contribution is 2.14. The van der Waals surface area contributed by atoms with Crippen molar-refractivity contribution in [1.29, 1.82) is 0 Å². The second kappa shape index (κ2) is 2.83. The van der Waals surface area contributed by atoms with Crippen molar-refractivity contribution in [3.8, 4) is 0 Å². The number of benzene rings is 1. The van der Waals surface area contributed by atoms with Crippen molar-refractivity contribution in [1.82, 2.24) is 5.43 Å². The van der Waals surface area contributed by atoms with Crippen molar-refractivity contribution in [3.63, 3.8) is 0 Å². The standard InChI is InChI=1S/C8H8N2O2/c11-8-10(9-6-12-8)7-4-2-1-3-5-7/h1-5,9H,6H2. The van der Waals surface area contributed by atoms with Crippen molar-refractivity contribution >= 4 is 11.8 Å². The molecule has 1 aromatic rings. The van der Waals surface area contributed by atoms with Gasteiger partial charge in [0, 0.05) is 0 Å². The van der Waals surface area contributed by atoms with Crippen LogP contribution in [0.2, 0.25) is 0 Å². The summed E-state index contributed by atoms with van der Waals surface area (Å²) in [5.41, 5.74) is 3.58. The molecule has 1 saturated heterocycles. The number of ether oxygens (including phenoxy) is 1. The summed E-state index contributed by atoms with van der Waals surface area (Å²) in [7, 11) is 0. The lowest BCUT2D eigenvalue weighted by Crippen LogP contribution is -2.33. The van der Waals surface area contributed by atoms with Crippen molar-refractivity contribution in [2.45, 2.75) is 0 Å². The summed E-state index contributed by atoms with van der Waals surface area (Å²) in [6.07, 6.45) is -0.360. The minimum atomic E-state index is -0.360. The van der Waals surface area contributed by atoms with Crippen LogP contribution < -0.4 is 10.4 Å². The highest BCUT2D eigenvalue weighted by molar-refractivity contribution is 5.87. The molecule has 1 N–H and O–H groups in total. The quantitative estimate of drug-likeness (QED) is 0.675. The van der Waals surface area contributed by atoms with Gasteiger partial charge in [0.2, 0.25) is 0 Å². The van der Waals surface area contributed by atoms with E-state index in [9.17, 15) is 4.79 Å². The molecular weight excluding hydrogens is 156 g/mol. The summed E-state index contributed by atoms with van der Waals surface area (Å²) in [4.78, 5) is 11.0. The molecule has 1 aliphatic heterocycles. The fourth-order valence-corrected chi connectivity index (χ4v) is 1.06. The molecule has 1 aliphatic rings. The van der Waals surface area contributed by atoms with Gasteiger partial charge in [0.15, 0.2) is 6.73 Å². The lowest BCUT2D eigenvalue weighted by molar-refractivity contribution is 0.178. The Morgan fingerprint density at radius 2 is 2.08 bits per heavy atom. The van der Waals surface area contributed by atoms with Crippen LogP contribution in [-0.2, 0) is 4.74 Å². The molecule has 0 atom stereocenters. The van der Waals surface area contributed by atoms with Crippen LogP contribution in [-0.4, -0.2) is 12.8 Å². The highest BCUT2D eigenvalue weighted by Gasteiger charge is 2.22. The van der Waals surface area contributed by atoms with Gasteiger partial charge in [-0.1, -0.05) is 18.2 Å². The normalized spacial score (nSPS) is 16.3. The molecule has 0 radical (unpaired) electrons. The van der Waals surface area contributed by atoms with Crippen LogP contribution >= 0.6 is 0 Å². The van der Waals surface area contributed by atoms with E-state index < -0.39 is 0 Å². The molecule has 0 bridgehead atoms. The van der Waals surface area contributed by atoms with Crippen LogP contribution in [0.5, 0.6) is 0 Å². The van der Waals surface area contributed by atoms with Crippen molar-refractivity contribution in [3.05, 3.63) is 30.3 Å². The number of rotatable bonds is 1. The number of cyclic esters (lactones) is 1. The van der Waals surface area contributed by atoms with Gasteiger partial charge in [-0.2, -0.15) is 5.43 Å². The zero-order valence-corrected chi connectivity index (χ0v) is 6.36.